The van der Waals surface area contributed by atoms with Crippen LogP contribution >= 0.6 is 11.3 Å². The van der Waals surface area contributed by atoms with Crippen molar-refractivity contribution in [3.8, 4) is 11.1 Å². The van der Waals surface area contributed by atoms with Crippen LogP contribution in [-0.2, 0) is 0 Å². The van der Waals surface area contributed by atoms with E-state index >= 15 is 4.39 Å². The van der Waals surface area contributed by atoms with Gasteiger partial charge in [0, 0.05) is 0 Å². The van der Waals surface area contributed by atoms with E-state index in [-0.39, 0.29) is 21.3 Å². The summed E-state index contributed by atoms with van der Waals surface area (Å²) in [5.41, 5.74) is -1.52. The second-order valence-corrected chi connectivity index (χ2v) is 6.52. The third kappa shape index (κ3) is 2.02. The lowest BCUT2D eigenvalue weighted by Gasteiger charge is -2.15. The lowest BCUT2D eigenvalue weighted by atomic mass is 10.0. The van der Waals surface area contributed by atoms with Crippen LogP contribution < -0.4 is 10.1 Å². The molecular weight excluding hydrogens is 348 g/mol. The van der Waals surface area contributed by atoms with Gasteiger partial charge in [-0.2, -0.15) is 0 Å². The standard InChI is InChI=1S/C18H9F2NO3S/c1-8-21-15-10(16(22)13(18(23)24)17(21)25-8)7-11(19)12(14(15)20)9-5-3-2-4-6-9/h2-7H,1H2,(H,23,24). The predicted molar refractivity (Wildman–Crippen MR) is 92.1 cm³/mol. The van der Waals surface area contributed by atoms with Crippen LogP contribution in [0.15, 0.2) is 41.2 Å². The molecule has 4 aromatic rings. The number of hydrogen-bond donors (Lipinski definition) is 1. The van der Waals surface area contributed by atoms with Crippen molar-refractivity contribution in [3.63, 3.8) is 0 Å². The van der Waals surface area contributed by atoms with Gasteiger partial charge in [-0.15, -0.1) is 0 Å². The molecular formula is C18H9F2NO3S. The van der Waals surface area contributed by atoms with Crippen molar-refractivity contribution in [2.45, 2.75) is 0 Å². The fourth-order valence-corrected chi connectivity index (χ4v) is 3.90. The number of carbonyl (C=O) groups is 1. The van der Waals surface area contributed by atoms with Crippen LogP contribution in [0.4, 0.5) is 8.78 Å². The van der Waals surface area contributed by atoms with Crippen LogP contribution in [-0.4, -0.2) is 15.5 Å². The summed E-state index contributed by atoms with van der Waals surface area (Å²) < 4.78 is 31.4. The molecule has 4 nitrogen and oxygen atoms in total. The third-order valence-electron chi connectivity index (χ3n) is 4.04. The summed E-state index contributed by atoms with van der Waals surface area (Å²) in [5.74, 6) is -3.29. The third-order valence-corrected chi connectivity index (χ3v) is 5.04. The second-order valence-electron chi connectivity index (χ2n) is 5.46. The first-order valence-electron chi connectivity index (χ1n) is 7.18. The Kier molecular flexibility index (Phi) is 3.23. The highest BCUT2D eigenvalue weighted by Crippen LogP contribution is 2.32. The van der Waals surface area contributed by atoms with Gasteiger partial charge in [-0.1, -0.05) is 48.2 Å². The lowest BCUT2D eigenvalue weighted by molar-refractivity contribution is 0.0697. The highest BCUT2D eigenvalue weighted by atomic mass is 32.1. The van der Waals surface area contributed by atoms with E-state index in [2.05, 4.69) is 6.58 Å². The van der Waals surface area contributed by atoms with E-state index in [1.54, 1.807) is 30.3 Å². The minimum atomic E-state index is -1.44. The fraction of sp³-hybridized carbons (Fsp3) is 0. The molecule has 2 aromatic carbocycles. The number of hydrogen-bond acceptors (Lipinski definition) is 3. The maximum atomic E-state index is 15.2. The number of fused-ring (bicyclic) bond motifs is 3. The number of benzene rings is 2. The molecule has 0 radical (unpaired) electrons. The van der Waals surface area contributed by atoms with E-state index < -0.39 is 28.6 Å². The Bertz CT molecular complexity index is 1280. The van der Waals surface area contributed by atoms with Gasteiger partial charge in [0.2, 0.25) is 5.43 Å². The monoisotopic (exact) mass is 357 g/mol. The molecule has 1 N–H and O–H groups in total. The van der Waals surface area contributed by atoms with Gasteiger partial charge < -0.3 is 5.11 Å². The Balaban J connectivity index is 2.25. The number of carboxylic acid groups (broad SMARTS) is 1. The Labute approximate surface area is 142 Å². The van der Waals surface area contributed by atoms with Crippen LogP contribution in [0, 0.1) is 11.6 Å². The van der Waals surface area contributed by atoms with Crippen LogP contribution in [0.5, 0.6) is 0 Å². The number of nitrogens with zero attached hydrogens (tertiary/aromatic N) is 1. The average molecular weight is 357 g/mol. The zero-order valence-corrected chi connectivity index (χ0v) is 13.4. The van der Waals surface area contributed by atoms with Gasteiger partial charge in [-0.05, 0) is 11.6 Å². The highest BCUT2D eigenvalue weighted by molar-refractivity contribution is 7.17. The predicted octanol–water partition coefficient (Wildman–Crippen LogP) is 3.29. The molecule has 7 heteroatoms. The van der Waals surface area contributed by atoms with Crippen molar-refractivity contribution in [2.24, 2.45) is 0 Å². The molecule has 0 saturated carbocycles. The molecule has 0 amide bonds. The quantitative estimate of drug-likeness (QED) is 0.599. The normalized spacial score (nSPS) is 11.4. The van der Waals surface area contributed by atoms with Crippen molar-refractivity contribution in [3.05, 3.63) is 68.5 Å². The van der Waals surface area contributed by atoms with Crippen molar-refractivity contribution < 1.29 is 18.7 Å². The summed E-state index contributed by atoms with van der Waals surface area (Å²) in [6, 6.07) is 9.00. The largest absolute Gasteiger partial charge is 0.477 e. The van der Waals surface area contributed by atoms with Gasteiger partial charge in [0.15, 0.2) is 5.82 Å². The van der Waals surface area contributed by atoms with Gasteiger partial charge in [0.25, 0.3) is 0 Å². The Morgan fingerprint density at radius 1 is 1.20 bits per heavy atom. The van der Waals surface area contributed by atoms with Gasteiger partial charge in [-0.3, -0.25) is 9.20 Å². The molecule has 2 heterocycles. The number of rotatable bonds is 2. The molecule has 0 atom stereocenters. The molecule has 0 spiro atoms. The molecule has 124 valence electrons. The summed E-state index contributed by atoms with van der Waals surface area (Å²) in [7, 11) is 0. The molecule has 0 aliphatic carbocycles. The molecule has 0 aliphatic rings. The first kappa shape index (κ1) is 15.5. The zero-order chi connectivity index (χ0) is 17.9. The molecule has 0 aliphatic heterocycles. The summed E-state index contributed by atoms with van der Waals surface area (Å²) >= 11 is 0.980. The maximum Gasteiger partial charge on any atom is 0.342 e. The molecule has 4 rings (SSSR count). The number of carboxylic acids is 1. The minimum absolute atomic E-state index is 0.0968. The smallest absolute Gasteiger partial charge is 0.342 e. The van der Waals surface area contributed by atoms with Crippen LogP contribution in [0.25, 0.3) is 33.4 Å². The Morgan fingerprint density at radius 3 is 2.48 bits per heavy atom. The average Bonchev–Trinajstić information content (AvgIpc) is 2.56. The Hall–Kier alpha value is -3.06. The van der Waals surface area contributed by atoms with Crippen molar-refractivity contribution in [2.75, 3.05) is 0 Å². The Morgan fingerprint density at radius 2 is 1.88 bits per heavy atom. The molecule has 25 heavy (non-hydrogen) atoms. The van der Waals surface area contributed by atoms with E-state index in [1.165, 1.54) is 4.40 Å². The van der Waals surface area contributed by atoms with Crippen LogP contribution in [0.1, 0.15) is 10.4 Å². The van der Waals surface area contributed by atoms with Crippen molar-refractivity contribution in [1.29, 1.82) is 0 Å². The van der Waals surface area contributed by atoms with E-state index in [0.29, 0.717) is 10.2 Å². The van der Waals surface area contributed by atoms with E-state index in [1.807, 2.05) is 0 Å². The number of halogens is 2. The first-order valence-corrected chi connectivity index (χ1v) is 8.00. The SMILES string of the molecule is C=c1sc2c(C(=O)O)c(=O)c3cc(F)c(-c4ccccc4)c(F)c3n12. The van der Waals surface area contributed by atoms with E-state index in [9.17, 15) is 19.1 Å². The van der Waals surface area contributed by atoms with E-state index in [0.717, 1.165) is 17.4 Å². The molecule has 0 fully saturated rings. The second kappa shape index (κ2) is 5.22. The molecule has 2 aromatic heterocycles. The summed E-state index contributed by atoms with van der Waals surface area (Å²) in [6.45, 7) is 3.72. The molecule has 0 unspecified atom stereocenters. The summed E-state index contributed by atoms with van der Waals surface area (Å²) in [4.78, 5) is 24.0. The molecule has 0 saturated heterocycles. The van der Waals surface area contributed by atoms with Gasteiger partial charge in [0.05, 0.1) is 21.1 Å². The van der Waals surface area contributed by atoms with Gasteiger partial charge in [-0.25, -0.2) is 13.6 Å². The maximum absolute atomic E-state index is 15.2. The lowest BCUT2D eigenvalue weighted by Crippen LogP contribution is -2.26. The van der Waals surface area contributed by atoms with Crippen molar-refractivity contribution >= 4 is 39.6 Å². The number of aromatic carboxylic acids is 1. The minimum Gasteiger partial charge on any atom is -0.477 e. The van der Waals surface area contributed by atoms with Gasteiger partial charge in [0.1, 0.15) is 16.2 Å². The number of pyridine rings is 1. The first-order chi connectivity index (χ1) is 11.9. The number of aromatic nitrogens is 1. The van der Waals surface area contributed by atoms with Gasteiger partial charge >= 0.3 is 5.97 Å². The molecule has 0 bridgehead atoms. The van der Waals surface area contributed by atoms with Crippen LogP contribution in [0.2, 0.25) is 0 Å². The topological polar surface area (TPSA) is 58.8 Å². The van der Waals surface area contributed by atoms with Crippen molar-refractivity contribution in [1.82, 2.24) is 4.40 Å². The fourth-order valence-electron chi connectivity index (χ4n) is 2.96. The highest BCUT2D eigenvalue weighted by Gasteiger charge is 2.26. The zero-order valence-electron chi connectivity index (χ0n) is 12.5. The van der Waals surface area contributed by atoms with Crippen LogP contribution in [0.3, 0.4) is 0 Å². The summed E-state index contributed by atoms with van der Waals surface area (Å²) in [5, 5.41) is 8.96. The summed E-state index contributed by atoms with van der Waals surface area (Å²) in [6.07, 6.45) is 0. The van der Waals surface area contributed by atoms with E-state index in [4.69, 9.17) is 0 Å².